The lowest BCUT2D eigenvalue weighted by molar-refractivity contribution is -0.143. The molecule has 6 nitrogen and oxygen atoms in total. The number of carbonyl (C=O) groups is 2. The molecule has 38 heavy (non-hydrogen) atoms. The van der Waals surface area contributed by atoms with Gasteiger partial charge in [-0.05, 0) is 50.1 Å². The zero-order chi connectivity index (χ0) is 28.6. The highest BCUT2D eigenvalue weighted by atomic mass is 19.4. The molecule has 2 rings (SSSR count). The second-order valence-corrected chi connectivity index (χ2v) is 9.52. The molecule has 2 aromatic rings. The van der Waals surface area contributed by atoms with Gasteiger partial charge in [-0.3, -0.25) is 4.79 Å². The fraction of sp³-hybridized carbons (Fsp3) is 0.462. The van der Waals surface area contributed by atoms with Crippen LogP contribution in [0.1, 0.15) is 55.4 Å². The minimum atomic E-state index is -4.95. The summed E-state index contributed by atoms with van der Waals surface area (Å²) in [4.78, 5) is 23.9. The van der Waals surface area contributed by atoms with Gasteiger partial charge < -0.3 is 20.1 Å². The first-order chi connectivity index (χ1) is 17.5. The molecule has 0 saturated carbocycles. The lowest BCUT2D eigenvalue weighted by atomic mass is 10.00. The summed E-state index contributed by atoms with van der Waals surface area (Å²) in [5, 5.41) is 5.17. The van der Waals surface area contributed by atoms with E-state index in [9.17, 15) is 35.9 Å². The zero-order valence-electron chi connectivity index (χ0n) is 21.1. The fourth-order valence-corrected chi connectivity index (χ4v) is 3.34. The van der Waals surface area contributed by atoms with Gasteiger partial charge in [-0.2, -0.15) is 26.3 Å². The summed E-state index contributed by atoms with van der Waals surface area (Å²) in [6, 6.07) is 10.1. The van der Waals surface area contributed by atoms with E-state index in [0.717, 1.165) is 5.56 Å². The molecule has 2 amide bonds. The Morgan fingerprint density at radius 3 is 1.97 bits per heavy atom. The molecule has 0 fully saturated rings. The molecule has 1 atom stereocenters. The van der Waals surface area contributed by atoms with Crippen molar-refractivity contribution in [2.24, 2.45) is 0 Å². The first-order valence-corrected chi connectivity index (χ1v) is 11.7. The SMILES string of the molecule is CC(C)(C)OC(=O)NCCC(=O)NCC(COCc1cc(C(F)(F)F)cc(C(F)(F)F)c1)c1ccccc1. The van der Waals surface area contributed by atoms with E-state index in [1.165, 1.54) is 0 Å². The number of hydrogen-bond donors (Lipinski definition) is 2. The van der Waals surface area contributed by atoms with Crippen LogP contribution in [0.3, 0.4) is 0 Å². The summed E-state index contributed by atoms with van der Waals surface area (Å²) in [7, 11) is 0. The summed E-state index contributed by atoms with van der Waals surface area (Å²) >= 11 is 0. The van der Waals surface area contributed by atoms with E-state index in [1.54, 1.807) is 51.1 Å². The minimum absolute atomic E-state index is 0.0321. The van der Waals surface area contributed by atoms with Crippen molar-refractivity contribution in [3.8, 4) is 0 Å². The zero-order valence-corrected chi connectivity index (χ0v) is 21.1. The van der Waals surface area contributed by atoms with Crippen LogP contribution in [0.2, 0.25) is 0 Å². The van der Waals surface area contributed by atoms with Crippen molar-refractivity contribution in [2.75, 3.05) is 19.7 Å². The third kappa shape index (κ3) is 11.0. The van der Waals surface area contributed by atoms with Crippen LogP contribution in [0.15, 0.2) is 48.5 Å². The predicted octanol–water partition coefficient (Wildman–Crippen LogP) is 6.06. The summed E-state index contributed by atoms with van der Waals surface area (Å²) in [5.41, 5.74) is -3.05. The van der Waals surface area contributed by atoms with Gasteiger partial charge in [0.05, 0.1) is 24.3 Å². The van der Waals surface area contributed by atoms with Gasteiger partial charge in [0.15, 0.2) is 0 Å². The summed E-state index contributed by atoms with van der Waals surface area (Å²) < 4.78 is 89.3. The van der Waals surface area contributed by atoms with Gasteiger partial charge in [0.25, 0.3) is 0 Å². The van der Waals surface area contributed by atoms with E-state index in [2.05, 4.69) is 10.6 Å². The molecule has 2 N–H and O–H groups in total. The first-order valence-electron chi connectivity index (χ1n) is 11.7. The van der Waals surface area contributed by atoms with Crippen molar-refractivity contribution in [1.29, 1.82) is 0 Å². The molecule has 210 valence electrons. The highest BCUT2D eigenvalue weighted by Crippen LogP contribution is 2.36. The molecule has 1 unspecified atom stereocenters. The number of nitrogens with one attached hydrogen (secondary N) is 2. The lowest BCUT2D eigenvalue weighted by Gasteiger charge is -2.20. The number of halogens is 6. The van der Waals surface area contributed by atoms with Crippen LogP contribution < -0.4 is 10.6 Å². The average molecular weight is 549 g/mol. The number of benzene rings is 2. The molecule has 0 aliphatic rings. The number of hydrogen-bond acceptors (Lipinski definition) is 4. The van der Waals surface area contributed by atoms with E-state index in [-0.39, 0.29) is 43.7 Å². The standard InChI is InChI=1S/C26H30F6N2O4/c1-24(2,3)38-23(36)33-10-9-22(35)34-14-19(18-7-5-4-6-8-18)16-37-15-17-11-20(25(27,28)29)13-21(12-17)26(30,31)32/h4-8,11-13,19H,9-10,14-16H2,1-3H3,(H,33,36)(H,34,35). The maximum Gasteiger partial charge on any atom is 0.416 e. The van der Waals surface area contributed by atoms with Crippen LogP contribution in [0, 0.1) is 0 Å². The maximum absolute atomic E-state index is 13.1. The van der Waals surface area contributed by atoms with Gasteiger partial charge in [-0.25, -0.2) is 4.79 Å². The summed E-state index contributed by atoms with van der Waals surface area (Å²) in [6.45, 7) is 4.65. The molecule has 2 aromatic carbocycles. The second-order valence-electron chi connectivity index (χ2n) is 9.52. The molecule has 0 bridgehead atoms. The quantitative estimate of drug-likeness (QED) is 0.354. The van der Waals surface area contributed by atoms with Crippen LogP contribution in [0.5, 0.6) is 0 Å². The van der Waals surface area contributed by atoms with Gasteiger partial charge in [0.2, 0.25) is 5.91 Å². The highest BCUT2D eigenvalue weighted by Gasteiger charge is 2.36. The van der Waals surface area contributed by atoms with Crippen LogP contribution in [0.25, 0.3) is 0 Å². The highest BCUT2D eigenvalue weighted by molar-refractivity contribution is 5.77. The Hall–Kier alpha value is -3.28. The van der Waals surface area contributed by atoms with Crippen molar-refractivity contribution in [1.82, 2.24) is 10.6 Å². The van der Waals surface area contributed by atoms with Crippen molar-refractivity contribution < 1.29 is 45.4 Å². The predicted molar refractivity (Wildman–Crippen MR) is 127 cm³/mol. The number of amides is 2. The molecular weight excluding hydrogens is 518 g/mol. The number of rotatable bonds is 10. The van der Waals surface area contributed by atoms with Crippen LogP contribution >= 0.6 is 0 Å². The van der Waals surface area contributed by atoms with Gasteiger partial charge in [-0.15, -0.1) is 0 Å². The smallest absolute Gasteiger partial charge is 0.416 e. The third-order valence-electron chi connectivity index (χ3n) is 5.07. The molecule has 12 heteroatoms. The second kappa shape index (κ2) is 13.0. The van der Waals surface area contributed by atoms with Crippen molar-refractivity contribution in [3.63, 3.8) is 0 Å². The Kier molecular flexibility index (Phi) is 10.6. The monoisotopic (exact) mass is 548 g/mol. The van der Waals surface area contributed by atoms with E-state index >= 15 is 0 Å². The van der Waals surface area contributed by atoms with Gasteiger partial charge in [0.1, 0.15) is 5.60 Å². The fourth-order valence-electron chi connectivity index (χ4n) is 3.34. The Labute approximate surface area is 216 Å². The number of alkyl halides is 6. The van der Waals surface area contributed by atoms with E-state index in [1.807, 2.05) is 0 Å². The van der Waals surface area contributed by atoms with Crippen molar-refractivity contribution in [3.05, 3.63) is 70.8 Å². The molecule has 0 heterocycles. The Balaban J connectivity index is 1.99. The van der Waals surface area contributed by atoms with Gasteiger partial charge in [0, 0.05) is 25.4 Å². The van der Waals surface area contributed by atoms with E-state index in [4.69, 9.17) is 9.47 Å². The first kappa shape index (κ1) is 30.9. The Morgan fingerprint density at radius 2 is 1.45 bits per heavy atom. The minimum Gasteiger partial charge on any atom is -0.444 e. The topological polar surface area (TPSA) is 76.7 Å². The van der Waals surface area contributed by atoms with Crippen LogP contribution in [0.4, 0.5) is 31.1 Å². The molecule has 0 aliphatic heterocycles. The number of alkyl carbamates (subject to hydrolysis) is 1. The summed E-state index contributed by atoms with van der Waals surface area (Å²) in [6.07, 6.45) is -10.6. The molecule has 0 saturated heterocycles. The van der Waals surface area contributed by atoms with Gasteiger partial charge in [-0.1, -0.05) is 30.3 Å². The third-order valence-corrected chi connectivity index (χ3v) is 5.07. The molecule has 0 aromatic heterocycles. The van der Waals surface area contributed by atoms with E-state index in [0.29, 0.717) is 12.1 Å². The number of carbonyl (C=O) groups excluding carboxylic acids is 2. The van der Waals surface area contributed by atoms with E-state index < -0.39 is 47.7 Å². The number of ether oxygens (including phenoxy) is 2. The molecular formula is C26H30F6N2O4. The van der Waals surface area contributed by atoms with Crippen LogP contribution in [-0.4, -0.2) is 37.3 Å². The molecule has 0 aliphatic carbocycles. The van der Waals surface area contributed by atoms with Gasteiger partial charge >= 0.3 is 18.4 Å². The lowest BCUT2D eigenvalue weighted by Crippen LogP contribution is -2.36. The largest absolute Gasteiger partial charge is 0.444 e. The average Bonchev–Trinajstić information content (AvgIpc) is 2.79. The van der Waals surface area contributed by atoms with Crippen molar-refractivity contribution >= 4 is 12.0 Å². The molecule has 0 radical (unpaired) electrons. The Morgan fingerprint density at radius 1 is 0.868 bits per heavy atom. The Bertz CT molecular complexity index is 1030. The van der Waals surface area contributed by atoms with Crippen molar-refractivity contribution in [2.45, 2.75) is 57.7 Å². The maximum atomic E-state index is 13.1. The normalized spacial score (nSPS) is 13.1. The summed E-state index contributed by atoms with van der Waals surface area (Å²) in [5.74, 6) is -0.818. The molecule has 0 spiro atoms. The van der Waals surface area contributed by atoms with Crippen LogP contribution in [-0.2, 0) is 33.2 Å².